The van der Waals surface area contributed by atoms with E-state index in [2.05, 4.69) is 24.1 Å². The Labute approximate surface area is 156 Å². The van der Waals surface area contributed by atoms with Crippen LogP contribution in [0.25, 0.3) is 0 Å². The molecule has 1 aliphatic rings. The fourth-order valence-corrected chi connectivity index (χ4v) is 3.31. The number of amides is 1. The summed E-state index contributed by atoms with van der Waals surface area (Å²) in [6, 6.07) is 17.5. The van der Waals surface area contributed by atoms with Crippen molar-refractivity contribution in [3.05, 3.63) is 60.2 Å². The maximum atomic E-state index is 12.4. The van der Waals surface area contributed by atoms with Crippen LogP contribution < -0.4 is 10.1 Å². The third-order valence-electron chi connectivity index (χ3n) is 5.03. The Bertz CT molecular complexity index is 690. The molecule has 26 heavy (non-hydrogen) atoms. The van der Waals surface area contributed by atoms with Crippen LogP contribution in [0.3, 0.4) is 0 Å². The zero-order chi connectivity index (χ0) is 18.4. The van der Waals surface area contributed by atoms with Gasteiger partial charge in [-0.15, -0.1) is 0 Å². The van der Waals surface area contributed by atoms with Crippen LogP contribution in [0.4, 0.5) is 0 Å². The first-order chi connectivity index (χ1) is 12.6. The molecule has 138 valence electrons. The van der Waals surface area contributed by atoms with Gasteiger partial charge in [-0.2, -0.15) is 0 Å². The molecule has 0 unspecified atom stereocenters. The molecule has 4 heteroatoms. The summed E-state index contributed by atoms with van der Waals surface area (Å²) in [5.41, 5.74) is 0.671. The van der Waals surface area contributed by atoms with E-state index in [9.17, 15) is 4.79 Å². The third-order valence-corrected chi connectivity index (χ3v) is 5.03. The smallest absolute Gasteiger partial charge is 0.251 e. The number of carbonyl (C=O) groups is 1. The first kappa shape index (κ1) is 18.5. The zero-order valence-electron chi connectivity index (χ0n) is 15.7. The molecule has 1 amide bonds. The number of carbonyl (C=O) groups excluding carboxylic acids is 1. The normalized spacial score (nSPS) is 15.8. The van der Waals surface area contributed by atoms with Crippen LogP contribution in [0.1, 0.15) is 37.0 Å². The van der Waals surface area contributed by atoms with Gasteiger partial charge in [0.15, 0.2) is 0 Å². The lowest BCUT2D eigenvalue weighted by atomic mass is 9.96. The molecule has 2 aromatic carbocycles. The molecule has 0 aromatic heterocycles. The van der Waals surface area contributed by atoms with Crippen LogP contribution in [-0.2, 0) is 0 Å². The van der Waals surface area contributed by atoms with Gasteiger partial charge < -0.3 is 15.0 Å². The Hall–Kier alpha value is -2.33. The lowest BCUT2D eigenvalue weighted by Gasteiger charge is -2.34. The van der Waals surface area contributed by atoms with Gasteiger partial charge in [-0.05, 0) is 82.1 Å². The van der Waals surface area contributed by atoms with Crippen molar-refractivity contribution in [2.24, 2.45) is 5.92 Å². The average molecular weight is 352 g/mol. The number of ether oxygens (including phenoxy) is 1. The summed E-state index contributed by atoms with van der Waals surface area (Å²) in [5.74, 6) is 2.09. The van der Waals surface area contributed by atoms with Crippen molar-refractivity contribution in [1.82, 2.24) is 10.2 Å². The molecule has 1 N–H and O–H groups in total. The lowest BCUT2D eigenvalue weighted by Crippen LogP contribution is -2.41. The van der Waals surface area contributed by atoms with Crippen molar-refractivity contribution in [2.45, 2.75) is 32.7 Å². The number of hydrogen-bond donors (Lipinski definition) is 1. The van der Waals surface area contributed by atoms with E-state index in [-0.39, 0.29) is 5.91 Å². The molecule has 0 bridgehead atoms. The highest BCUT2D eigenvalue weighted by atomic mass is 16.5. The average Bonchev–Trinajstić information content (AvgIpc) is 2.68. The number of nitrogens with one attached hydrogen (secondary N) is 1. The molecule has 1 fully saturated rings. The topological polar surface area (TPSA) is 41.6 Å². The second-order valence-corrected chi connectivity index (χ2v) is 7.22. The number of piperidine rings is 1. The zero-order valence-corrected chi connectivity index (χ0v) is 15.7. The standard InChI is InChI=1S/C22H28N2O2/c1-17(2)24-14-12-18(13-15-24)16-23-22(25)19-8-10-21(11-9-19)26-20-6-4-3-5-7-20/h3-11,17-18H,12-16H2,1-2H3,(H,23,25). The highest BCUT2D eigenvalue weighted by molar-refractivity contribution is 5.94. The summed E-state index contributed by atoms with van der Waals surface area (Å²) in [6.07, 6.45) is 2.31. The molecule has 4 nitrogen and oxygen atoms in total. The van der Waals surface area contributed by atoms with E-state index >= 15 is 0 Å². The fourth-order valence-electron chi connectivity index (χ4n) is 3.31. The summed E-state index contributed by atoms with van der Waals surface area (Å²) in [6.45, 7) is 7.50. The number of nitrogens with zero attached hydrogens (tertiary/aromatic N) is 1. The van der Waals surface area contributed by atoms with Gasteiger partial charge in [0.1, 0.15) is 11.5 Å². The minimum Gasteiger partial charge on any atom is -0.457 e. The van der Waals surface area contributed by atoms with E-state index in [1.807, 2.05) is 54.6 Å². The van der Waals surface area contributed by atoms with Crippen molar-refractivity contribution >= 4 is 5.91 Å². The summed E-state index contributed by atoms with van der Waals surface area (Å²) in [5, 5.41) is 3.08. The Morgan fingerprint density at radius 2 is 1.65 bits per heavy atom. The molecule has 0 radical (unpaired) electrons. The van der Waals surface area contributed by atoms with Gasteiger partial charge in [0.05, 0.1) is 0 Å². The number of benzene rings is 2. The van der Waals surface area contributed by atoms with Crippen LogP contribution in [0.15, 0.2) is 54.6 Å². The number of para-hydroxylation sites is 1. The Kier molecular flexibility index (Phi) is 6.29. The largest absolute Gasteiger partial charge is 0.457 e. The molecular formula is C22H28N2O2. The first-order valence-corrected chi connectivity index (χ1v) is 9.47. The van der Waals surface area contributed by atoms with E-state index < -0.39 is 0 Å². The van der Waals surface area contributed by atoms with Crippen LogP contribution in [0.2, 0.25) is 0 Å². The van der Waals surface area contributed by atoms with Gasteiger partial charge in [-0.1, -0.05) is 18.2 Å². The first-order valence-electron chi connectivity index (χ1n) is 9.47. The predicted octanol–water partition coefficient (Wildman–Crippen LogP) is 4.33. The van der Waals surface area contributed by atoms with Crippen molar-refractivity contribution < 1.29 is 9.53 Å². The van der Waals surface area contributed by atoms with Gasteiger partial charge >= 0.3 is 0 Å². The molecule has 3 rings (SSSR count). The molecule has 1 saturated heterocycles. The minimum absolute atomic E-state index is 0.0115. The van der Waals surface area contributed by atoms with Gasteiger partial charge in [-0.25, -0.2) is 0 Å². The van der Waals surface area contributed by atoms with Crippen molar-refractivity contribution in [1.29, 1.82) is 0 Å². The number of rotatable bonds is 6. The predicted molar refractivity (Wildman–Crippen MR) is 105 cm³/mol. The molecule has 0 saturated carbocycles. The van der Waals surface area contributed by atoms with Crippen LogP contribution in [0.5, 0.6) is 11.5 Å². The minimum atomic E-state index is -0.0115. The van der Waals surface area contributed by atoms with E-state index in [0.717, 1.165) is 44.0 Å². The Morgan fingerprint density at radius 3 is 2.27 bits per heavy atom. The number of likely N-dealkylation sites (tertiary alicyclic amines) is 1. The maximum Gasteiger partial charge on any atom is 0.251 e. The highest BCUT2D eigenvalue weighted by Gasteiger charge is 2.21. The fraction of sp³-hybridized carbons (Fsp3) is 0.409. The van der Waals surface area contributed by atoms with Gasteiger partial charge in [0.25, 0.3) is 5.91 Å². The molecule has 0 aliphatic carbocycles. The lowest BCUT2D eigenvalue weighted by molar-refractivity contribution is 0.0929. The Morgan fingerprint density at radius 1 is 1.04 bits per heavy atom. The maximum absolute atomic E-state index is 12.4. The summed E-state index contributed by atoms with van der Waals surface area (Å²) in [7, 11) is 0. The van der Waals surface area contributed by atoms with Gasteiger partial charge in [0, 0.05) is 18.2 Å². The Balaban J connectivity index is 1.46. The molecule has 2 aromatic rings. The van der Waals surface area contributed by atoms with Crippen LogP contribution in [-0.4, -0.2) is 36.5 Å². The highest BCUT2D eigenvalue weighted by Crippen LogP contribution is 2.21. The van der Waals surface area contributed by atoms with Crippen molar-refractivity contribution in [3.8, 4) is 11.5 Å². The number of hydrogen-bond acceptors (Lipinski definition) is 3. The quantitative estimate of drug-likeness (QED) is 0.841. The van der Waals surface area contributed by atoms with E-state index in [1.54, 1.807) is 0 Å². The van der Waals surface area contributed by atoms with Gasteiger partial charge in [0.2, 0.25) is 0 Å². The van der Waals surface area contributed by atoms with Crippen molar-refractivity contribution in [2.75, 3.05) is 19.6 Å². The second-order valence-electron chi connectivity index (χ2n) is 7.22. The van der Waals surface area contributed by atoms with Gasteiger partial charge in [-0.3, -0.25) is 4.79 Å². The summed E-state index contributed by atoms with van der Waals surface area (Å²) in [4.78, 5) is 14.9. The second kappa shape index (κ2) is 8.86. The molecule has 0 atom stereocenters. The van der Waals surface area contributed by atoms with Crippen LogP contribution >= 0.6 is 0 Å². The van der Waals surface area contributed by atoms with Crippen LogP contribution in [0, 0.1) is 5.92 Å². The van der Waals surface area contributed by atoms with E-state index in [1.165, 1.54) is 0 Å². The molecule has 0 spiro atoms. The SMILES string of the molecule is CC(C)N1CCC(CNC(=O)c2ccc(Oc3ccccc3)cc2)CC1. The van der Waals surface area contributed by atoms with E-state index in [0.29, 0.717) is 17.5 Å². The summed E-state index contributed by atoms with van der Waals surface area (Å²) >= 11 is 0. The summed E-state index contributed by atoms with van der Waals surface area (Å²) < 4.78 is 5.76. The third kappa shape index (κ3) is 5.09. The molecule has 1 heterocycles. The van der Waals surface area contributed by atoms with Crippen molar-refractivity contribution in [3.63, 3.8) is 0 Å². The molecule has 1 aliphatic heterocycles. The molecular weight excluding hydrogens is 324 g/mol. The van der Waals surface area contributed by atoms with E-state index in [4.69, 9.17) is 4.74 Å². The monoisotopic (exact) mass is 352 g/mol.